The van der Waals surface area contributed by atoms with Crippen molar-refractivity contribution in [3.05, 3.63) is 0 Å². The summed E-state index contributed by atoms with van der Waals surface area (Å²) < 4.78 is 46.0. The van der Waals surface area contributed by atoms with Gasteiger partial charge in [-0.2, -0.15) is 13.2 Å². The van der Waals surface area contributed by atoms with Gasteiger partial charge in [0, 0.05) is 6.54 Å². The van der Waals surface area contributed by atoms with Crippen molar-refractivity contribution in [1.29, 1.82) is 0 Å². The molecule has 10 heteroatoms. The minimum absolute atomic E-state index is 0.0253. The van der Waals surface area contributed by atoms with Crippen molar-refractivity contribution in [2.75, 3.05) is 40.1 Å². The lowest BCUT2D eigenvalue weighted by Crippen LogP contribution is -2.21. The molecule has 0 atom stereocenters. The molecule has 19 heavy (non-hydrogen) atoms. The summed E-state index contributed by atoms with van der Waals surface area (Å²) in [6, 6.07) is 0. The zero-order valence-corrected chi connectivity index (χ0v) is 10.2. The molecule has 0 fully saturated rings. The predicted molar refractivity (Wildman–Crippen MR) is 56.4 cm³/mol. The van der Waals surface area contributed by atoms with Gasteiger partial charge in [-0.3, -0.25) is 0 Å². The molecule has 0 aromatic heterocycles. The molecular formula is C9H16F3NO6. The summed E-state index contributed by atoms with van der Waals surface area (Å²) in [5.41, 5.74) is 5.17. The number of aliphatic carboxylic acids is 1. The lowest BCUT2D eigenvalue weighted by atomic mass is 10.7. The fourth-order valence-corrected chi connectivity index (χ4v) is 0.518. The van der Waals surface area contributed by atoms with Gasteiger partial charge >= 0.3 is 18.1 Å². The average molecular weight is 291 g/mol. The van der Waals surface area contributed by atoms with E-state index in [2.05, 4.69) is 4.74 Å². The summed E-state index contributed by atoms with van der Waals surface area (Å²) >= 11 is 0. The Morgan fingerprint density at radius 3 is 2.00 bits per heavy atom. The third-order valence-corrected chi connectivity index (χ3v) is 1.32. The third kappa shape index (κ3) is 16.6. The molecular weight excluding hydrogens is 275 g/mol. The Bertz CT molecular complexity index is 259. The molecule has 0 aromatic carbocycles. The summed E-state index contributed by atoms with van der Waals surface area (Å²) in [5, 5.41) is 7.12. The fourth-order valence-electron chi connectivity index (χ4n) is 0.518. The molecule has 0 aliphatic carbocycles. The van der Waals surface area contributed by atoms with Gasteiger partial charge in [0.2, 0.25) is 0 Å². The molecule has 0 heterocycles. The first-order valence-electron chi connectivity index (χ1n) is 4.98. The van der Waals surface area contributed by atoms with E-state index in [1.165, 1.54) is 7.11 Å². The summed E-state index contributed by atoms with van der Waals surface area (Å²) in [6.07, 6.45) is -5.08. The van der Waals surface area contributed by atoms with Crippen LogP contribution < -0.4 is 5.73 Å². The highest BCUT2D eigenvalue weighted by atomic mass is 19.4. The lowest BCUT2D eigenvalue weighted by Gasteiger charge is -2.03. The van der Waals surface area contributed by atoms with Crippen molar-refractivity contribution < 1.29 is 42.1 Å². The van der Waals surface area contributed by atoms with E-state index in [0.29, 0.717) is 26.4 Å². The van der Waals surface area contributed by atoms with E-state index >= 15 is 0 Å². The molecule has 0 rings (SSSR count). The number of hydrogen-bond donors (Lipinski definition) is 2. The zero-order chi connectivity index (χ0) is 15.3. The zero-order valence-electron chi connectivity index (χ0n) is 10.2. The van der Waals surface area contributed by atoms with Crippen LogP contribution in [0, 0.1) is 0 Å². The van der Waals surface area contributed by atoms with Gasteiger partial charge in [0.15, 0.2) is 0 Å². The number of carboxylic acids is 1. The summed E-state index contributed by atoms with van der Waals surface area (Å²) in [6.45, 7) is 1.82. The van der Waals surface area contributed by atoms with Crippen LogP contribution in [0.2, 0.25) is 0 Å². The van der Waals surface area contributed by atoms with Crippen LogP contribution in [0.5, 0.6) is 0 Å². The van der Waals surface area contributed by atoms with Crippen LogP contribution in [0.4, 0.5) is 13.2 Å². The van der Waals surface area contributed by atoms with Crippen LogP contribution in [0.3, 0.4) is 0 Å². The van der Waals surface area contributed by atoms with Gasteiger partial charge in [0.1, 0.15) is 6.61 Å². The number of alkyl halides is 3. The highest BCUT2D eigenvalue weighted by Crippen LogP contribution is 2.13. The van der Waals surface area contributed by atoms with Crippen molar-refractivity contribution in [2.45, 2.75) is 6.18 Å². The highest BCUT2D eigenvalue weighted by molar-refractivity contribution is 5.73. The van der Waals surface area contributed by atoms with Crippen LogP contribution in [0.1, 0.15) is 0 Å². The van der Waals surface area contributed by atoms with Crippen LogP contribution in [-0.2, 0) is 23.8 Å². The fraction of sp³-hybridized carbons (Fsp3) is 0.778. The number of rotatable bonds is 7. The van der Waals surface area contributed by atoms with E-state index in [1.54, 1.807) is 0 Å². The molecule has 0 saturated heterocycles. The van der Waals surface area contributed by atoms with Crippen molar-refractivity contribution in [1.82, 2.24) is 0 Å². The molecule has 114 valence electrons. The number of carbonyl (C=O) groups excluding carboxylic acids is 1. The standard InChI is InChI=1S/C7H15NO4.C2HF3O2/c1-10-7(9)6-12-5-4-11-3-2-8;3-2(4,5)1(6)7/h2-6,8H2,1H3;(H,6,7). The van der Waals surface area contributed by atoms with Crippen LogP contribution in [0.15, 0.2) is 0 Å². The largest absolute Gasteiger partial charge is 0.490 e. The van der Waals surface area contributed by atoms with Crippen LogP contribution in [0.25, 0.3) is 0 Å². The second kappa shape index (κ2) is 11.7. The van der Waals surface area contributed by atoms with E-state index in [-0.39, 0.29) is 12.6 Å². The van der Waals surface area contributed by atoms with E-state index in [4.69, 9.17) is 25.1 Å². The second-order valence-corrected chi connectivity index (χ2v) is 2.83. The third-order valence-electron chi connectivity index (χ3n) is 1.32. The molecule has 0 bridgehead atoms. The summed E-state index contributed by atoms with van der Waals surface area (Å²) in [4.78, 5) is 19.4. The van der Waals surface area contributed by atoms with Crippen molar-refractivity contribution in [3.8, 4) is 0 Å². The van der Waals surface area contributed by atoms with Gasteiger partial charge in [0.25, 0.3) is 0 Å². The van der Waals surface area contributed by atoms with Crippen LogP contribution >= 0.6 is 0 Å². The van der Waals surface area contributed by atoms with Gasteiger partial charge in [0.05, 0.1) is 26.9 Å². The minimum Gasteiger partial charge on any atom is -0.475 e. The predicted octanol–water partition coefficient (Wildman–Crippen LogP) is -0.215. The first-order chi connectivity index (χ1) is 8.75. The SMILES string of the molecule is COC(=O)COCCOCCN.O=C(O)C(F)(F)F. The van der Waals surface area contributed by atoms with Crippen molar-refractivity contribution in [3.63, 3.8) is 0 Å². The smallest absolute Gasteiger partial charge is 0.475 e. The molecule has 0 aliphatic heterocycles. The summed E-state index contributed by atoms with van der Waals surface area (Å²) in [5.74, 6) is -3.14. The molecule has 0 saturated carbocycles. The molecule has 3 N–H and O–H groups in total. The number of methoxy groups -OCH3 is 1. The maximum atomic E-state index is 10.6. The van der Waals surface area contributed by atoms with Crippen molar-refractivity contribution >= 4 is 11.9 Å². The number of hydrogen-bond acceptors (Lipinski definition) is 6. The highest BCUT2D eigenvalue weighted by Gasteiger charge is 2.38. The van der Waals surface area contributed by atoms with Gasteiger partial charge in [-0.1, -0.05) is 0 Å². The Balaban J connectivity index is 0. The number of ether oxygens (including phenoxy) is 3. The van der Waals surface area contributed by atoms with Gasteiger partial charge in [-0.25, -0.2) is 9.59 Å². The Hall–Kier alpha value is -1.39. The van der Waals surface area contributed by atoms with Gasteiger partial charge in [-0.15, -0.1) is 0 Å². The quantitative estimate of drug-likeness (QED) is 0.493. The number of carbonyl (C=O) groups is 2. The number of halogens is 3. The maximum absolute atomic E-state index is 10.6. The Morgan fingerprint density at radius 1 is 1.16 bits per heavy atom. The lowest BCUT2D eigenvalue weighted by molar-refractivity contribution is -0.192. The van der Waals surface area contributed by atoms with E-state index in [1.807, 2.05) is 0 Å². The van der Waals surface area contributed by atoms with Gasteiger partial charge < -0.3 is 25.1 Å². The number of esters is 1. The van der Waals surface area contributed by atoms with E-state index in [9.17, 15) is 18.0 Å². The Morgan fingerprint density at radius 2 is 1.63 bits per heavy atom. The normalized spacial score (nSPS) is 10.4. The molecule has 0 aliphatic rings. The first kappa shape index (κ1) is 19.9. The Kier molecular flexibility index (Phi) is 12.3. The molecule has 7 nitrogen and oxygen atoms in total. The van der Waals surface area contributed by atoms with Crippen molar-refractivity contribution in [2.24, 2.45) is 5.73 Å². The van der Waals surface area contributed by atoms with Crippen LogP contribution in [-0.4, -0.2) is 63.3 Å². The summed E-state index contributed by atoms with van der Waals surface area (Å²) in [7, 11) is 1.32. The number of nitrogens with two attached hydrogens (primary N) is 1. The topological polar surface area (TPSA) is 108 Å². The Labute approximate surface area is 107 Å². The van der Waals surface area contributed by atoms with Gasteiger partial charge in [-0.05, 0) is 0 Å². The monoisotopic (exact) mass is 291 g/mol. The molecule has 0 unspecified atom stereocenters. The molecule has 0 spiro atoms. The molecule has 0 aromatic rings. The minimum atomic E-state index is -5.08. The molecule has 0 amide bonds. The number of carboxylic acid groups (broad SMARTS) is 1. The van der Waals surface area contributed by atoms with E-state index < -0.39 is 12.1 Å². The maximum Gasteiger partial charge on any atom is 0.490 e. The average Bonchev–Trinajstić information content (AvgIpc) is 2.32. The first-order valence-corrected chi connectivity index (χ1v) is 4.98. The van der Waals surface area contributed by atoms with E-state index in [0.717, 1.165) is 0 Å². The second-order valence-electron chi connectivity index (χ2n) is 2.83. The molecule has 0 radical (unpaired) electrons.